The summed E-state index contributed by atoms with van der Waals surface area (Å²) in [6.45, 7) is 0.461. The standard InChI is InChI=1S/C21H22ClN3O4S2/c1-29-19-8-3-2-5-14(19)10-25-18-13-31(27,28)12-17(18)24-21(25)30-11-20(26)23-16-7-4-6-15(22)9-16/h2-9,17-18H,10-13H2,1H3,(H,23,26)/t17-,18+/m0/s1. The number of benzene rings is 2. The lowest BCUT2D eigenvalue weighted by molar-refractivity contribution is -0.113. The highest BCUT2D eigenvalue weighted by Gasteiger charge is 2.46. The van der Waals surface area contributed by atoms with Crippen LogP contribution in [0.5, 0.6) is 5.75 Å². The van der Waals surface area contributed by atoms with Crippen molar-refractivity contribution in [3.05, 3.63) is 59.1 Å². The Kier molecular flexibility index (Phi) is 6.45. The van der Waals surface area contributed by atoms with E-state index in [4.69, 9.17) is 16.3 Å². The number of nitrogens with one attached hydrogen (secondary N) is 1. The van der Waals surface area contributed by atoms with Crippen molar-refractivity contribution in [3.63, 3.8) is 0 Å². The highest BCUT2D eigenvalue weighted by atomic mass is 35.5. The number of aliphatic imine (C=N–C) groups is 1. The number of ether oxygens (including phenoxy) is 1. The van der Waals surface area contributed by atoms with Gasteiger partial charge in [0.25, 0.3) is 0 Å². The van der Waals surface area contributed by atoms with Gasteiger partial charge in [0.2, 0.25) is 5.91 Å². The van der Waals surface area contributed by atoms with Crippen molar-refractivity contribution in [3.8, 4) is 5.75 Å². The molecule has 0 aliphatic carbocycles. The number of anilines is 1. The average molecular weight is 480 g/mol. The van der Waals surface area contributed by atoms with Crippen LogP contribution in [-0.2, 0) is 21.2 Å². The van der Waals surface area contributed by atoms with Crippen molar-refractivity contribution < 1.29 is 17.9 Å². The molecule has 2 aliphatic heterocycles. The van der Waals surface area contributed by atoms with E-state index < -0.39 is 9.84 Å². The third kappa shape index (κ3) is 5.16. The van der Waals surface area contributed by atoms with Crippen LogP contribution in [0, 0.1) is 0 Å². The van der Waals surface area contributed by atoms with E-state index in [0.717, 1.165) is 11.3 Å². The van der Waals surface area contributed by atoms with Crippen LogP contribution in [0.15, 0.2) is 53.5 Å². The molecule has 164 valence electrons. The summed E-state index contributed by atoms with van der Waals surface area (Å²) in [4.78, 5) is 19.1. The highest BCUT2D eigenvalue weighted by Crippen LogP contribution is 2.33. The molecule has 1 amide bonds. The van der Waals surface area contributed by atoms with Gasteiger partial charge in [0.05, 0.1) is 36.5 Å². The molecule has 0 saturated carbocycles. The SMILES string of the molecule is COc1ccccc1CN1C(SCC(=O)Nc2cccc(Cl)c2)=N[C@H]2CS(=O)(=O)C[C@H]21. The summed E-state index contributed by atoms with van der Waals surface area (Å²) >= 11 is 7.27. The molecule has 7 nitrogen and oxygen atoms in total. The lowest BCUT2D eigenvalue weighted by atomic mass is 10.1. The van der Waals surface area contributed by atoms with Gasteiger partial charge in [-0.2, -0.15) is 0 Å². The molecular weight excluding hydrogens is 458 g/mol. The van der Waals surface area contributed by atoms with Gasteiger partial charge in [-0.25, -0.2) is 8.42 Å². The first-order chi connectivity index (χ1) is 14.8. The van der Waals surface area contributed by atoms with E-state index in [0.29, 0.717) is 22.4 Å². The molecule has 0 aromatic heterocycles. The molecule has 0 bridgehead atoms. The second kappa shape index (κ2) is 9.10. The number of fused-ring (bicyclic) bond motifs is 1. The topological polar surface area (TPSA) is 88.1 Å². The Bertz CT molecular complexity index is 1120. The van der Waals surface area contributed by atoms with E-state index in [2.05, 4.69) is 10.3 Å². The Balaban J connectivity index is 1.48. The Morgan fingerprint density at radius 3 is 2.84 bits per heavy atom. The van der Waals surface area contributed by atoms with Crippen LogP contribution in [0.3, 0.4) is 0 Å². The van der Waals surface area contributed by atoms with Crippen LogP contribution in [0.2, 0.25) is 5.02 Å². The second-order valence-corrected chi connectivity index (χ2v) is 10.9. The summed E-state index contributed by atoms with van der Waals surface area (Å²) in [5, 5.41) is 4.04. The number of hydrogen-bond donors (Lipinski definition) is 1. The minimum Gasteiger partial charge on any atom is -0.496 e. The third-order valence-electron chi connectivity index (χ3n) is 5.19. The van der Waals surface area contributed by atoms with Gasteiger partial charge in [-0.15, -0.1) is 0 Å². The molecule has 10 heteroatoms. The maximum Gasteiger partial charge on any atom is 0.234 e. The van der Waals surface area contributed by atoms with Crippen molar-refractivity contribution in [2.45, 2.75) is 18.6 Å². The molecule has 1 saturated heterocycles. The number of carbonyl (C=O) groups is 1. The molecule has 1 fully saturated rings. The fraction of sp³-hybridized carbons (Fsp3) is 0.333. The van der Waals surface area contributed by atoms with Gasteiger partial charge in [-0.3, -0.25) is 9.79 Å². The Labute approximate surface area is 190 Å². The molecule has 2 aliphatic rings. The lowest BCUT2D eigenvalue weighted by Crippen LogP contribution is -2.38. The summed E-state index contributed by atoms with van der Waals surface area (Å²) < 4.78 is 29.8. The number of carbonyl (C=O) groups excluding carboxylic acids is 1. The Morgan fingerprint density at radius 1 is 1.26 bits per heavy atom. The van der Waals surface area contributed by atoms with Gasteiger partial charge in [-0.05, 0) is 24.3 Å². The summed E-state index contributed by atoms with van der Waals surface area (Å²) in [5.74, 6) is 0.806. The zero-order valence-electron chi connectivity index (χ0n) is 16.8. The van der Waals surface area contributed by atoms with Crippen LogP contribution in [-0.4, -0.2) is 60.8 Å². The zero-order chi connectivity index (χ0) is 22.0. The van der Waals surface area contributed by atoms with E-state index in [1.54, 1.807) is 31.4 Å². The van der Waals surface area contributed by atoms with Gasteiger partial charge < -0.3 is 15.0 Å². The lowest BCUT2D eigenvalue weighted by Gasteiger charge is -2.27. The van der Waals surface area contributed by atoms with Crippen molar-refractivity contribution >= 4 is 50.0 Å². The third-order valence-corrected chi connectivity index (χ3v) is 8.13. The number of hydrogen-bond acceptors (Lipinski definition) is 7. The van der Waals surface area contributed by atoms with Gasteiger partial charge >= 0.3 is 0 Å². The summed E-state index contributed by atoms with van der Waals surface area (Å²) in [6, 6.07) is 14.0. The van der Waals surface area contributed by atoms with Crippen LogP contribution >= 0.6 is 23.4 Å². The normalized spacial score (nSPS) is 21.5. The summed E-state index contributed by atoms with van der Waals surface area (Å²) in [5.41, 5.74) is 1.56. The van der Waals surface area contributed by atoms with Gasteiger partial charge in [0.15, 0.2) is 15.0 Å². The molecule has 2 aromatic carbocycles. The van der Waals surface area contributed by atoms with E-state index >= 15 is 0 Å². The average Bonchev–Trinajstić information content (AvgIpc) is 3.19. The van der Waals surface area contributed by atoms with Crippen LogP contribution < -0.4 is 10.1 Å². The molecular formula is C21H22ClN3O4S2. The Morgan fingerprint density at radius 2 is 2.06 bits per heavy atom. The largest absolute Gasteiger partial charge is 0.496 e. The predicted molar refractivity (Wildman–Crippen MR) is 125 cm³/mol. The highest BCUT2D eigenvalue weighted by molar-refractivity contribution is 8.14. The number of amidine groups is 1. The first kappa shape index (κ1) is 22.0. The minimum atomic E-state index is -3.13. The van der Waals surface area contributed by atoms with Gasteiger partial charge in [0.1, 0.15) is 5.75 Å². The Hall–Kier alpha value is -2.23. The van der Waals surface area contributed by atoms with E-state index in [-0.39, 0.29) is 35.2 Å². The first-order valence-electron chi connectivity index (χ1n) is 9.69. The number of methoxy groups -OCH3 is 1. The fourth-order valence-corrected chi connectivity index (χ4v) is 6.78. The van der Waals surface area contributed by atoms with Crippen molar-refractivity contribution in [2.75, 3.05) is 29.7 Å². The van der Waals surface area contributed by atoms with Crippen LogP contribution in [0.1, 0.15) is 5.56 Å². The molecule has 2 aromatic rings. The summed E-state index contributed by atoms with van der Waals surface area (Å²) in [7, 11) is -1.52. The number of nitrogens with zero attached hydrogens (tertiary/aromatic N) is 2. The number of para-hydroxylation sites is 1. The molecule has 0 spiro atoms. The van der Waals surface area contributed by atoms with Crippen molar-refractivity contribution in [1.82, 2.24) is 4.90 Å². The zero-order valence-corrected chi connectivity index (χ0v) is 19.2. The number of sulfone groups is 1. The predicted octanol–water partition coefficient (Wildman–Crippen LogP) is 3.06. The molecule has 31 heavy (non-hydrogen) atoms. The van der Waals surface area contributed by atoms with E-state index in [9.17, 15) is 13.2 Å². The second-order valence-electron chi connectivity index (χ2n) is 7.41. The van der Waals surface area contributed by atoms with Gasteiger partial charge in [0, 0.05) is 22.8 Å². The molecule has 1 N–H and O–H groups in total. The van der Waals surface area contributed by atoms with E-state index in [1.165, 1.54) is 11.8 Å². The molecule has 2 heterocycles. The first-order valence-corrected chi connectivity index (χ1v) is 12.9. The number of rotatable bonds is 6. The van der Waals surface area contributed by atoms with E-state index in [1.807, 2.05) is 29.2 Å². The van der Waals surface area contributed by atoms with Gasteiger partial charge in [-0.1, -0.05) is 47.6 Å². The molecule has 2 atom stereocenters. The maximum atomic E-state index is 12.4. The molecule has 0 unspecified atom stereocenters. The molecule has 4 rings (SSSR count). The minimum absolute atomic E-state index is 0.0405. The number of thioether (sulfide) groups is 1. The number of halogens is 1. The van der Waals surface area contributed by atoms with Crippen molar-refractivity contribution in [2.24, 2.45) is 4.99 Å². The fourth-order valence-electron chi connectivity index (χ4n) is 3.80. The van der Waals surface area contributed by atoms with Crippen LogP contribution in [0.4, 0.5) is 5.69 Å². The monoisotopic (exact) mass is 479 g/mol. The van der Waals surface area contributed by atoms with Crippen LogP contribution in [0.25, 0.3) is 0 Å². The quantitative estimate of drug-likeness (QED) is 0.685. The van der Waals surface area contributed by atoms with Crippen molar-refractivity contribution in [1.29, 1.82) is 0 Å². The molecule has 0 radical (unpaired) electrons. The smallest absolute Gasteiger partial charge is 0.234 e. The number of amides is 1. The summed E-state index contributed by atoms with van der Waals surface area (Å²) in [6.07, 6.45) is 0. The maximum absolute atomic E-state index is 12.4.